The van der Waals surface area contributed by atoms with Crippen LogP contribution in [0.3, 0.4) is 0 Å². The van der Waals surface area contributed by atoms with E-state index < -0.39 is 29.6 Å². The Kier molecular flexibility index (Phi) is 5.62. The first-order valence-corrected chi connectivity index (χ1v) is 8.90. The van der Waals surface area contributed by atoms with Gasteiger partial charge in [0.15, 0.2) is 5.78 Å². The molecule has 9 nitrogen and oxygen atoms in total. The van der Waals surface area contributed by atoms with Gasteiger partial charge in [-0.15, -0.1) is 0 Å². The average Bonchev–Trinajstić information content (AvgIpc) is 2.69. The van der Waals surface area contributed by atoms with Gasteiger partial charge in [-0.2, -0.15) is 0 Å². The largest absolute Gasteiger partial charge is 0.494 e. The molecule has 1 saturated heterocycles. The van der Waals surface area contributed by atoms with Crippen LogP contribution in [0.4, 0.5) is 5.69 Å². The molecule has 1 aromatic carbocycles. The van der Waals surface area contributed by atoms with Gasteiger partial charge in [-0.1, -0.05) is 0 Å². The van der Waals surface area contributed by atoms with Crippen molar-refractivity contribution in [3.63, 3.8) is 0 Å². The minimum absolute atomic E-state index is 0.110. The third-order valence-electron chi connectivity index (χ3n) is 4.54. The summed E-state index contributed by atoms with van der Waals surface area (Å²) in [6.45, 7) is 3.01. The lowest BCUT2D eigenvalue weighted by Crippen LogP contribution is -2.57. The molecule has 0 spiro atoms. The van der Waals surface area contributed by atoms with E-state index in [1.165, 1.54) is 4.90 Å². The van der Waals surface area contributed by atoms with E-state index in [1.54, 1.807) is 24.3 Å². The van der Waals surface area contributed by atoms with Crippen molar-refractivity contribution in [3.05, 3.63) is 35.5 Å². The van der Waals surface area contributed by atoms with Gasteiger partial charge >= 0.3 is 5.97 Å². The van der Waals surface area contributed by atoms with Gasteiger partial charge in [0.05, 0.1) is 13.7 Å². The van der Waals surface area contributed by atoms with Gasteiger partial charge in [0, 0.05) is 25.2 Å². The monoisotopic (exact) mass is 387 g/mol. The summed E-state index contributed by atoms with van der Waals surface area (Å²) in [7, 11) is 1.14. The van der Waals surface area contributed by atoms with E-state index >= 15 is 0 Å². The Morgan fingerprint density at radius 3 is 2.61 bits per heavy atom. The van der Waals surface area contributed by atoms with Gasteiger partial charge in [0.2, 0.25) is 5.91 Å². The summed E-state index contributed by atoms with van der Waals surface area (Å²) in [6, 6.07) is 5.93. The number of anilines is 1. The molecule has 1 fully saturated rings. The number of hydrogen-bond acceptors (Lipinski definition) is 7. The van der Waals surface area contributed by atoms with E-state index in [9.17, 15) is 19.2 Å². The summed E-state index contributed by atoms with van der Waals surface area (Å²) in [4.78, 5) is 51.2. The maximum atomic E-state index is 12.8. The number of methoxy groups -OCH3 is 1. The van der Waals surface area contributed by atoms with Gasteiger partial charge in [-0.3, -0.25) is 14.4 Å². The van der Waals surface area contributed by atoms with Crippen LogP contribution in [0.15, 0.2) is 35.5 Å². The number of fused-ring (bicyclic) bond motifs is 1. The van der Waals surface area contributed by atoms with Crippen LogP contribution >= 0.6 is 0 Å². The summed E-state index contributed by atoms with van der Waals surface area (Å²) in [5.74, 6) is -1.81. The molecule has 2 heterocycles. The number of esters is 1. The second kappa shape index (κ2) is 8.12. The number of hydrogen-bond donors (Lipinski definition) is 2. The van der Waals surface area contributed by atoms with Crippen LogP contribution in [-0.4, -0.2) is 61.3 Å². The number of ketones is 1. The maximum absolute atomic E-state index is 12.8. The van der Waals surface area contributed by atoms with E-state index in [1.807, 2.05) is 6.92 Å². The van der Waals surface area contributed by atoms with Gasteiger partial charge in [0.25, 0.3) is 5.91 Å². The summed E-state index contributed by atoms with van der Waals surface area (Å²) in [6.07, 6.45) is -0.218. The van der Waals surface area contributed by atoms with Crippen LogP contribution in [0.25, 0.3) is 0 Å². The topological polar surface area (TPSA) is 114 Å². The number of nitrogens with zero attached hydrogens (tertiary/aromatic N) is 1. The molecule has 2 aliphatic heterocycles. The van der Waals surface area contributed by atoms with Gasteiger partial charge in [0.1, 0.15) is 23.1 Å². The molecule has 148 valence electrons. The number of piperazine rings is 1. The van der Waals surface area contributed by atoms with Crippen molar-refractivity contribution in [1.82, 2.24) is 10.2 Å². The molecule has 28 heavy (non-hydrogen) atoms. The van der Waals surface area contributed by atoms with Crippen molar-refractivity contribution in [1.29, 1.82) is 0 Å². The number of Topliss-reactive ketones (excluding diaryl/α,β-unsaturated/α-hetero) is 1. The Labute approximate surface area is 161 Å². The molecule has 2 aliphatic rings. The fourth-order valence-corrected chi connectivity index (χ4v) is 3.28. The normalized spacial score (nSPS) is 18.9. The molecule has 9 heteroatoms. The average molecular weight is 387 g/mol. The van der Waals surface area contributed by atoms with Crippen molar-refractivity contribution in [3.8, 4) is 5.75 Å². The minimum Gasteiger partial charge on any atom is -0.494 e. The highest BCUT2D eigenvalue weighted by molar-refractivity contribution is 6.24. The second-order valence-corrected chi connectivity index (χ2v) is 6.25. The molecule has 2 amide bonds. The first-order valence-electron chi connectivity index (χ1n) is 8.90. The minimum atomic E-state index is -0.895. The van der Waals surface area contributed by atoms with Gasteiger partial charge < -0.3 is 25.0 Å². The molecule has 1 atom stereocenters. The molecular formula is C19H21N3O6. The van der Waals surface area contributed by atoms with Gasteiger partial charge in [-0.05, 0) is 31.2 Å². The zero-order valence-electron chi connectivity index (χ0n) is 15.6. The lowest BCUT2D eigenvalue weighted by Gasteiger charge is -2.40. The van der Waals surface area contributed by atoms with E-state index in [-0.39, 0.29) is 17.7 Å². The lowest BCUT2D eigenvalue weighted by molar-refractivity contribution is -0.141. The predicted molar refractivity (Wildman–Crippen MR) is 98.4 cm³/mol. The van der Waals surface area contributed by atoms with Crippen LogP contribution in [0.1, 0.15) is 13.3 Å². The standard InChI is InChI=1S/C19H21N3O6/c1-3-28-12-6-4-11(5-7-12)21-17(24)13-10-14(23)15(19(26)27-2)16-18(25)20-8-9-22(13)16/h4-7,13H,3,8-10H2,1-2H3,(H,20,25)(H,21,24)/t13-/m0/s1. The Balaban J connectivity index is 1.85. The Morgan fingerprint density at radius 2 is 1.96 bits per heavy atom. The lowest BCUT2D eigenvalue weighted by atomic mass is 9.92. The number of carbonyl (C=O) groups excluding carboxylic acids is 4. The molecule has 0 bridgehead atoms. The van der Waals surface area contributed by atoms with E-state index in [0.717, 1.165) is 7.11 Å². The highest BCUT2D eigenvalue weighted by Gasteiger charge is 2.44. The molecule has 0 aromatic heterocycles. The SMILES string of the molecule is CCOc1ccc(NC(=O)[C@@H]2CC(=O)C(C(=O)OC)=C3C(=O)NCCN32)cc1. The smallest absolute Gasteiger partial charge is 0.343 e. The number of ether oxygens (including phenoxy) is 2. The van der Waals surface area contributed by atoms with Crippen LogP contribution in [0, 0.1) is 0 Å². The number of rotatable bonds is 5. The number of carbonyl (C=O) groups is 4. The number of benzene rings is 1. The highest BCUT2D eigenvalue weighted by Crippen LogP contribution is 2.28. The first-order chi connectivity index (χ1) is 13.5. The van der Waals surface area contributed by atoms with Crippen molar-refractivity contribution in [2.24, 2.45) is 0 Å². The fourth-order valence-electron chi connectivity index (χ4n) is 3.28. The summed E-state index contributed by atoms with van der Waals surface area (Å²) in [5.41, 5.74) is 0.109. The second-order valence-electron chi connectivity index (χ2n) is 6.25. The predicted octanol–water partition coefficient (Wildman–Crippen LogP) is 0.224. The van der Waals surface area contributed by atoms with Crippen molar-refractivity contribution in [2.45, 2.75) is 19.4 Å². The highest BCUT2D eigenvalue weighted by atomic mass is 16.5. The zero-order chi connectivity index (χ0) is 20.3. The molecule has 0 saturated carbocycles. The van der Waals surface area contributed by atoms with Crippen LogP contribution in [-0.2, 0) is 23.9 Å². The number of amides is 2. The van der Waals surface area contributed by atoms with Crippen LogP contribution < -0.4 is 15.4 Å². The maximum Gasteiger partial charge on any atom is 0.343 e. The zero-order valence-corrected chi connectivity index (χ0v) is 15.6. The quantitative estimate of drug-likeness (QED) is 0.549. The Hall–Kier alpha value is -3.36. The Bertz CT molecular complexity index is 846. The molecule has 0 radical (unpaired) electrons. The van der Waals surface area contributed by atoms with E-state index in [4.69, 9.17) is 4.74 Å². The fraction of sp³-hybridized carbons (Fsp3) is 0.368. The molecule has 1 aromatic rings. The third-order valence-corrected chi connectivity index (χ3v) is 4.54. The summed E-state index contributed by atoms with van der Waals surface area (Å²) < 4.78 is 10.0. The summed E-state index contributed by atoms with van der Waals surface area (Å²) in [5, 5.41) is 5.34. The molecular weight excluding hydrogens is 366 g/mol. The number of nitrogens with one attached hydrogen (secondary N) is 2. The summed E-state index contributed by atoms with van der Waals surface area (Å²) >= 11 is 0. The van der Waals surface area contributed by atoms with E-state index in [2.05, 4.69) is 15.4 Å². The molecule has 0 unspecified atom stereocenters. The van der Waals surface area contributed by atoms with Crippen molar-refractivity contribution in [2.75, 3.05) is 32.1 Å². The van der Waals surface area contributed by atoms with Crippen molar-refractivity contribution >= 4 is 29.3 Å². The Morgan fingerprint density at radius 1 is 1.25 bits per heavy atom. The molecule has 2 N–H and O–H groups in total. The van der Waals surface area contributed by atoms with E-state index in [0.29, 0.717) is 31.1 Å². The molecule has 3 rings (SSSR count). The van der Waals surface area contributed by atoms with Crippen LogP contribution in [0.5, 0.6) is 5.75 Å². The van der Waals surface area contributed by atoms with Crippen molar-refractivity contribution < 1.29 is 28.7 Å². The van der Waals surface area contributed by atoms with Gasteiger partial charge in [-0.25, -0.2) is 4.79 Å². The first kappa shape index (κ1) is 19.4. The third kappa shape index (κ3) is 3.68. The molecule has 0 aliphatic carbocycles. The van der Waals surface area contributed by atoms with Crippen LogP contribution in [0.2, 0.25) is 0 Å².